The van der Waals surface area contributed by atoms with Crippen LogP contribution in [-0.4, -0.2) is 42.0 Å². The van der Waals surface area contributed by atoms with E-state index in [0.29, 0.717) is 40.4 Å². The Labute approximate surface area is 182 Å². The molecule has 1 amide bonds. The molecule has 1 saturated heterocycles. The van der Waals surface area contributed by atoms with Gasteiger partial charge < -0.3 is 24.1 Å². The largest absolute Gasteiger partial charge is 0.454 e. The number of nitrogens with one attached hydrogen (secondary N) is 1. The maximum Gasteiger partial charge on any atom is 0.262 e. The molecule has 8 nitrogen and oxygen atoms in total. The molecular formula is C22H23N3O5S. The first-order valence-electron chi connectivity index (χ1n) is 10.2. The summed E-state index contributed by atoms with van der Waals surface area (Å²) < 4.78 is 18.0. The van der Waals surface area contributed by atoms with Crippen molar-refractivity contribution in [3.8, 4) is 11.5 Å². The molecule has 3 aromatic rings. The molecule has 9 heteroatoms. The lowest BCUT2D eigenvalue weighted by atomic mass is 9.74. The fourth-order valence-electron chi connectivity index (χ4n) is 4.31. The summed E-state index contributed by atoms with van der Waals surface area (Å²) in [5, 5.41) is 3.63. The highest BCUT2D eigenvalue weighted by atomic mass is 32.1. The number of rotatable bonds is 4. The number of aryl methyl sites for hydroxylation is 2. The second-order valence-corrected chi connectivity index (χ2v) is 9.04. The number of hydrogen-bond acceptors (Lipinski definition) is 7. The Kier molecular flexibility index (Phi) is 4.94. The van der Waals surface area contributed by atoms with Crippen LogP contribution in [0.1, 0.15) is 33.6 Å². The minimum atomic E-state index is -0.256. The second kappa shape index (κ2) is 7.65. The number of carbonyl (C=O) groups is 1. The van der Waals surface area contributed by atoms with E-state index in [1.807, 2.05) is 18.2 Å². The number of fused-ring (bicyclic) bond motifs is 2. The lowest BCUT2D eigenvalue weighted by Gasteiger charge is -2.38. The lowest BCUT2D eigenvalue weighted by molar-refractivity contribution is 0.0487. The van der Waals surface area contributed by atoms with Gasteiger partial charge in [0, 0.05) is 32.2 Å². The molecule has 0 aliphatic carbocycles. The van der Waals surface area contributed by atoms with Gasteiger partial charge in [-0.3, -0.25) is 9.59 Å². The van der Waals surface area contributed by atoms with Crippen molar-refractivity contribution in [2.24, 2.45) is 7.05 Å². The summed E-state index contributed by atoms with van der Waals surface area (Å²) in [6.07, 6.45) is 3.07. The fourth-order valence-corrected chi connectivity index (χ4v) is 5.37. The third kappa shape index (κ3) is 3.37. The van der Waals surface area contributed by atoms with Crippen LogP contribution in [0.25, 0.3) is 10.2 Å². The Bertz CT molecular complexity index is 1230. The predicted molar refractivity (Wildman–Crippen MR) is 116 cm³/mol. The van der Waals surface area contributed by atoms with Crippen LogP contribution in [0, 0.1) is 6.92 Å². The van der Waals surface area contributed by atoms with Gasteiger partial charge in [-0.2, -0.15) is 0 Å². The zero-order valence-electron chi connectivity index (χ0n) is 17.4. The number of nitrogens with zero attached hydrogens (tertiary/aromatic N) is 2. The van der Waals surface area contributed by atoms with Gasteiger partial charge in [-0.25, -0.2) is 4.98 Å². The van der Waals surface area contributed by atoms with Crippen LogP contribution >= 0.6 is 11.3 Å². The van der Waals surface area contributed by atoms with Crippen LogP contribution < -0.4 is 20.3 Å². The first-order chi connectivity index (χ1) is 15.0. The third-order valence-corrected chi connectivity index (χ3v) is 7.44. The number of ether oxygens (including phenoxy) is 3. The molecule has 4 heterocycles. The van der Waals surface area contributed by atoms with Crippen LogP contribution in [-0.2, 0) is 17.2 Å². The molecule has 0 radical (unpaired) electrons. The standard InChI is InChI=1S/C22H23N3O5S/c1-13-17-20(24-11-25(2)21(17)27)31-18(13)19(26)23-10-22(5-7-28-8-6-22)14-3-4-15-16(9-14)30-12-29-15/h3-4,9,11H,5-8,10,12H2,1-2H3,(H,23,26). The van der Waals surface area contributed by atoms with Gasteiger partial charge in [-0.15, -0.1) is 11.3 Å². The van der Waals surface area contributed by atoms with E-state index in [1.54, 1.807) is 14.0 Å². The number of carbonyl (C=O) groups excluding carboxylic acids is 1. The molecule has 0 unspecified atom stereocenters. The highest BCUT2D eigenvalue weighted by Crippen LogP contribution is 2.40. The Morgan fingerprint density at radius 1 is 1.26 bits per heavy atom. The lowest BCUT2D eigenvalue weighted by Crippen LogP contribution is -2.44. The van der Waals surface area contributed by atoms with Gasteiger partial charge >= 0.3 is 0 Å². The van der Waals surface area contributed by atoms with Crippen molar-refractivity contribution in [2.45, 2.75) is 25.2 Å². The molecule has 2 aliphatic heterocycles. The monoisotopic (exact) mass is 441 g/mol. The first kappa shape index (κ1) is 20.0. The van der Waals surface area contributed by atoms with E-state index < -0.39 is 0 Å². The van der Waals surface area contributed by atoms with E-state index >= 15 is 0 Å². The zero-order chi connectivity index (χ0) is 21.6. The molecule has 5 rings (SSSR count). The molecule has 0 atom stereocenters. The molecule has 1 aromatic carbocycles. The average Bonchev–Trinajstić information content (AvgIpc) is 3.39. The minimum Gasteiger partial charge on any atom is -0.454 e. The maximum absolute atomic E-state index is 13.1. The van der Waals surface area contributed by atoms with Gasteiger partial charge in [0.15, 0.2) is 11.5 Å². The smallest absolute Gasteiger partial charge is 0.262 e. The van der Waals surface area contributed by atoms with Gasteiger partial charge in [0.2, 0.25) is 6.79 Å². The zero-order valence-corrected chi connectivity index (χ0v) is 18.2. The van der Waals surface area contributed by atoms with E-state index in [-0.39, 0.29) is 23.7 Å². The summed E-state index contributed by atoms with van der Waals surface area (Å²) in [6, 6.07) is 5.98. The summed E-state index contributed by atoms with van der Waals surface area (Å²) >= 11 is 1.25. The minimum absolute atomic E-state index is 0.140. The van der Waals surface area contributed by atoms with E-state index in [9.17, 15) is 9.59 Å². The number of thiophene rings is 1. The highest BCUT2D eigenvalue weighted by molar-refractivity contribution is 7.20. The first-order valence-corrected chi connectivity index (χ1v) is 11.0. The second-order valence-electron chi connectivity index (χ2n) is 8.04. The molecule has 1 fully saturated rings. The van der Waals surface area contributed by atoms with E-state index in [1.165, 1.54) is 22.2 Å². The van der Waals surface area contributed by atoms with Crippen LogP contribution in [0.3, 0.4) is 0 Å². The van der Waals surface area contributed by atoms with Crippen molar-refractivity contribution >= 4 is 27.5 Å². The van der Waals surface area contributed by atoms with Crippen LogP contribution in [0.5, 0.6) is 11.5 Å². The Morgan fingerprint density at radius 3 is 2.84 bits per heavy atom. The fraction of sp³-hybridized carbons (Fsp3) is 0.409. The van der Waals surface area contributed by atoms with Crippen LogP contribution in [0.4, 0.5) is 0 Å². The number of aromatic nitrogens is 2. The van der Waals surface area contributed by atoms with Crippen LogP contribution in [0.15, 0.2) is 29.3 Å². The van der Waals surface area contributed by atoms with Crippen molar-refractivity contribution in [1.29, 1.82) is 0 Å². The van der Waals surface area contributed by atoms with Gasteiger partial charge in [-0.05, 0) is 43.0 Å². The Hall–Kier alpha value is -2.91. The molecule has 0 saturated carbocycles. The molecule has 2 aromatic heterocycles. The molecule has 162 valence electrons. The normalized spacial score (nSPS) is 17.1. The van der Waals surface area contributed by atoms with E-state index in [0.717, 1.165) is 29.9 Å². The quantitative estimate of drug-likeness (QED) is 0.669. The van der Waals surface area contributed by atoms with Crippen LogP contribution in [0.2, 0.25) is 0 Å². The number of hydrogen-bond donors (Lipinski definition) is 1. The summed E-state index contributed by atoms with van der Waals surface area (Å²) in [7, 11) is 1.66. The van der Waals surface area contributed by atoms with E-state index in [4.69, 9.17) is 14.2 Å². The van der Waals surface area contributed by atoms with Crippen molar-refractivity contribution in [3.63, 3.8) is 0 Å². The van der Waals surface area contributed by atoms with Crippen molar-refractivity contribution < 1.29 is 19.0 Å². The van der Waals surface area contributed by atoms with Gasteiger partial charge in [0.25, 0.3) is 11.5 Å². The summed E-state index contributed by atoms with van der Waals surface area (Å²) in [5.41, 5.74) is 1.38. The van der Waals surface area contributed by atoms with Gasteiger partial charge in [-0.1, -0.05) is 6.07 Å². The summed E-state index contributed by atoms with van der Waals surface area (Å²) in [6.45, 7) is 3.76. The van der Waals surface area contributed by atoms with Gasteiger partial charge in [0.1, 0.15) is 4.83 Å². The summed E-state index contributed by atoms with van der Waals surface area (Å²) in [4.78, 5) is 31.0. The molecule has 2 aliphatic rings. The van der Waals surface area contributed by atoms with E-state index in [2.05, 4.69) is 10.3 Å². The number of amides is 1. The third-order valence-electron chi connectivity index (χ3n) is 6.24. The maximum atomic E-state index is 13.1. The molecule has 1 N–H and O–H groups in total. The Balaban J connectivity index is 1.43. The molecule has 0 bridgehead atoms. The predicted octanol–water partition coefficient (Wildman–Crippen LogP) is 2.51. The molecular weight excluding hydrogens is 418 g/mol. The average molecular weight is 442 g/mol. The topological polar surface area (TPSA) is 91.7 Å². The SMILES string of the molecule is Cc1c(C(=O)NCC2(c3ccc4c(c3)OCO4)CCOCC2)sc2ncn(C)c(=O)c12. The molecule has 31 heavy (non-hydrogen) atoms. The summed E-state index contributed by atoms with van der Waals surface area (Å²) in [5.74, 6) is 1.29. The molecule has 0 spiro atoms. The highest BCUT2D eigenvalue weighted by Gasteiger charge is 2.36. The van der Waals surface area contributed by atoms with Crippen molar-refractivity contribution in [3.05, 3.63) is 50.9 Å². The van der Waals surface area contributed by atoms with Gasteiger partial charge in [0.05, 0.1) is 16.6 Å². The Morgan fingerprint density at radius 2 is 2.03 bits per heavy atom. The van der Waals surface area contributed by atoms with Crippen molar-refractivity contribution in [2.75, 3.05) is 26.6 Å². The number of benzene rings is 1. The van der Waals surface area contributed by atoms with Crippen molar-refractivity contribution in [1.82, 2.24) is 14.9 Å².